The number of rotatable bonds is 6. The van der Waals surface area contributed by atoms with Crippen molar-refractivity contribution in [1.29, 1.82) is 0 Å². The summed E-state index contributed by atoms with van der Waals surface area (Å²) in [5.41, 5.74) is 3.93. The Balaban J connectivity index is 1.59. The van der Waals surface area contributed by atoms with E-state index in [9.17, 15) is 9.59 Å². The minimum Gasteiger partial charge on any atom is -0.354 e. The van der Waals surface area contributed by atoms with Crippen molar-refractivity contribution in [3.05, 3.63) is 63.7 Å². The molecule has 0 aliphatic heterocycles. The van der Waals surface area contributed by atoms with Crippen molar-refractivity contribution in [3.63, 3.8) is 0 Å². The van der Waals surface area contributed by atoms with Crippen molar-refractivity contribution in [2.75, 3.05) is 6.54 Å². The summed E-state index contributed by atoms with van der Waals surface area (Å²) >= 11 is 0. The van der Waals surface area contributed by atoms with Gasteiger partial charge in [0.2, 0.25) is 5.91 Å². The molecule has 1 atom stereocenters. The first kappa shape index (κ1) is 21.0. The van der Waals surface area contributed by atoms with Gasteiger partial charge in [-0.15, -0.1) is 0 Å². The van der Waals surface area contributed by atoms with Crippen LogP contribution in [0.4, 0.5) is 0 Å². The highest BCUT2D eigenvalue weighted by Gasteiger charge is 2.23. The molecule has 31 heavy (non-hydrogen) atoms. The van der Waals surface area contributed by atoms with Crippen molar-refractivity contribution < 1.29 is 4.79 Å². The van der Waals surface area contributed by atoms with Crippen LogP contribution in [0.3, 0.4) is 0 Å². The third-order valence-electron chi connectivity index (χ3n) is 6.02. The number of para-hydroxylation sites is 1. The SMILES string of the molecule is Cc1nn([C@@H](C)C(=O)NCCC2=CCCCC2)c(=O)c2c(C)n(-c3ccccc3)nc12. The summed E-state index contributed by atoms with van der Waals surface area (Å²) in [7, 11) is 0. The summed E-state index contributed by atoms with van der Waals surface area (Å²) in [6, 6.07) is 8.99. The second-order valence-corrected chi connectivity index (χ2v) is 8.22. The fraction of sp³-hybridized carbons (Fsp3) is 0.417. The summed E-state index contributed by atoms with van der Waals surface area (Å²) in [6.45, 7) is 5.98. The van der Waals surface area contributed by atoms with Gasteiger partial charge in [-0.3, -0.25) is 9.59 Å². The number of carbonyl (C=O) groups is 1. The van der Waals surface area contributed by atoms with E-state index in [0.29, 0.717) is 23.1 Å². The molecule has 1 amide bonds. The lowest BCUT2D eigenvalue weighted by atomic mass is 9.97. The monoisotopic (exact) mass is 419 g/mol. The van der Waals surface area contributed by atoms with Crippen LogP contribution >= 0.6 is 0 Å². The number of benzene rings is 1. The smallest absolute Gasteiger partial charge is 0.278 e. The van der Waals surface area contributed by atoms with Gasteiger partial charge in [-0.05, 0) is 65.0 Å². The van der Waals surface area contributed by atoms with Crippen molar-refractivity contribution in [2.45, 2.75) is 58.9 Å². The second kappa shape index (κ2) is 8.88. The molecule has 2 aromatic heterocycles. The van der Waals surface area contributed by atoms with E-state index in [1.54, 1.807) is 11.6 Å². The first-order valence-corrected chi connectivity index (χ1v) is 11.0. The average Bonchev–Trinajstić information content (AvgIpc) is 3.15. The predicted octanol–water partition coefficient (Wildman–Crippen LogP) is 3.77. The standard InChI is InChI=1S/C24H29N5O2/c1-16-22-21(17(2)28(27-22)20-12-8-5-9-13-20)24(31)29(26-16)18(3)23(30)25-15-14-19-10-6-4-7-11-19/h5,8-10,12-13,18H,4,6-7,11,14-15H2,1-3H3,(H,25,30)/t18-/m0/s1. The Morgan fingerprint density at radius 3 is 2.65 bits per heavy atom. The first-order chi connectivity index (χ1) is 15.0. The van der Waals surface area contributed by atoms with E-state index in [1.807, 2.05) is 44.2 Å². The molecule has 162 valence electrons. The third-order valence-corrected chi connectivity index (χ3v) is 6.02. The zero-order valence-corrected chi connectivity index (χ0v) is 18.4. The summed E-state index contributed by atoms with van der Waals surface area (Å²) < 4.78 is 3.05. The van der Waals surface area contributed by atoms with Crippen molar-refractivity contribution in [2.24, 2.45) is 0 Å². The first-order valence-electron chi connectivity index (χ1n) is 11.0. The van der Waals surface area contributed by atoms with Crippen LogP contribution < -0.4 is 10.9 Å². The molecule has 1 N–H and O–H groups in total. The molecule has 3 aromatic rings. The van der Waals surface area contributed by atoms with E-state index < -0.39 is 6.04 Å². The predicted molar refractivity (Wildman–Crippen MR) is 121 cm³/mol. The Hall–Kier alpha value is -3.22. The van der Waals surface area contributed by atoms with E-state index >= 15 is 0 Å². The molecule has 7 nitrogen and oxygen atoms in total. The molecule has 0 fully saturated rings. The average molecular weight is 420 g/mol. The number of amides is 1. The van der Waals surface area contributed by atoms with Crippen LogP contribution in [-0.4, -0.2) is 32.0 Å². The topological polar surface area (TPSA) is 81.8 Å². The molecular weight excluding hydrogens is 390 g/mol. The lowest BCUT2D eigenvalue weighted by Crippen LogP contribution is -2.38. The van der Waals surface area contributed by atoms with Crippen LogP contribution in [0, 0.1) is 13.8 Å². The molecule has 0 bridgehead atoms. The quantitative estimate of drug-likeness (QED) is 0.617. The number of hydrogen-bond donors (Lipinski definition) is 1. The summed E-state index contributed by atoms with van der Waals surface area (Å²) in [5.74, 6) is -0.196. The highest BCUT2D eigenvalue weighted by Crippen LogP contribution is 2.21. The molecule has 0 saturated heterocycles. The van der Waals surface area contributed by atoms with Gasteiger partial charge in [-0.2, -0.15) is 10.2 Å². The minimum absolute atomic E-state index is 0.196. The number of aryl methyl sites for hydroxylation is 2. The molecular formula is C24H29N5O2. The third kappa shape index (κ3) is 4.17. The Morgan fingerprint density at radius 1 is 1.16 bits per heavy atom. The van der Waals surface area contributed by atoms with Gasteiger partial charge < -0.3 is 5.32 Å². The lowest BCUT2D eigenvalue weighted by molar-refractivity contribution is -0.124. The van der Waals surface area contributed by atoms with Gasteiger partial charge in [0.25, 0.3) is 5.56 Å². The maximum Gasteiger partial charge on any atom is 0.278 e. The maximum atomic E-state index is 13.3. The highest BCUT2D eigenvalue weighted by atomic mass is 16.2. The largest absolute Gasteiger partial charge is 0.354 e. The molecule has 2 heterocycles. The molecule has 0 radical (unpaired) electrons. The van der Waals surface area contributed by atoms with Gasteiger partial charge in [-0.25, -0.2) is 9.36 Å². The summed E-state index contributed by atoms with van der Waals surface area (Å²) in [5, 5.41) is 12.5. The van der Waals surface area contributed by atoms with E-state index in [4.69, 9.17) is 0 Å². The zero-order chi connectivity index (χ0) is 22.0. The van der Waals surface area contributed by atoms with Gasteiger partial charge >= 0.3 is 0 Å². The van der Waals surface area contributed by atoms with Crippen LogP contribution in [0.5, 0.6) is 0 Å². The van der Waals surface area contributed by atoms with Gasteiger partial charge in [0, 0.05) is 6.54 Å². The van der Waals surface area contributed by atoms with E-state index in [2.05, 4.69) is 21.6 Å². The van der Waals surface area contributed by atoms with Gasteiger partial charge in [-0.1, -0.05) is 29.8 Å². The van der Waals surface area contributed by atoms with Gasteiger partial charge in [0.05, 0.1) is 22.5 Å². The molecule has 0 saturated carbocycles. The Morgan fingerprint density at radius 2 is 1.94 bits per heavy atom. The fourth-order valence-electron chi connectivity index (χ4n) is 4.20. The molecule has 1 aliphatic carbocycles. The van der Waals surface area contributed by atoms with Crippen LogP contribution in [-0.2, 0) is 4.79 Å². The van der Waals surface area contributed by atoms with Crippen LogP contribution in [0.1, 0.15) is 56.5 Å². The Kier molecular flexibility index (Phi) is 6.02. The van der Waals surface area contributed by atoms with Crippen molar-refractivity contribution in [1.82, 2.24) is 24.9 Å². The van der Waals surface area contributed by atoms with E-state index in [1.165, 1.54) is 23.1 Å². The van der Waals surface area contributed by atoms with Crippen LogP contribution in [0.2, 0.25) is 0 Å². The fourth-order valence-corrected chi connectivity index (χ4v) is 4.20. The van der Waals surface area contributed by atoms with E-state index in [0.717, 1.165) is 30.6 Å². The molecule has 0 spiro atoms. The van der Waals surface area contributed by atoms with Gasteiger partial charge in [0.15, 0.2) is 0 Å². The number of carbonyl (C=O) groups excluding carboxylic acids is 1. The number of aromatic nitrogens is 4. The Bertz CT molecular complexity index is 1190. The van der Waals surface area contributed by atoms with Gasteiger partial charge in [0.1, 0.15) is 11.6 Å². The molecule has 0 unspecified atom stereocenters. The minimum atomic E-state index is -0.699. The van der Waals surface area contributed by atoms with Crippen LogP contribution in [0.25, 0.3) is 16.6 Å². The van der Waals surface area contributed by atoms with Crippen molar-refractivity contribution >= 4 is 16.8 Å². The summed E-state index contributed by atoms with van der Waals surface area (Å²) in [4.78, 5) is 26.0. The normalized spacial score (nSPS) is 15.0. The molecule has 1 aromatic carbocycles. The molecule has 7 heteroatoms. The highest BCUT2D eigenvalue weighted by molar-refractivity contribution is 5.84. The maximum absolute atomic E-state index is 13.3. The summed E-state index contributed by atoms with van der Waals surface area (Å²) in [6.07, 6.45) is 7.88. The van der Waals surface area contributed by atoms with Crippen molar-refractivity contribution in [3.8, 4) is 5.69 Å². The number of nitrogens with zero attached hydrogens (tertiary/aromatic N) is 4. The number of hydrogen-bond acceptors (Lipinski definition) is 4. The number of fused-ring (bicyclic) bond motifs is 1. The lowest BCUT2D eigenvalue weighted by Gasteiger charge is -2.16. The van der Waals surface area contributed by atoms with E-state index in [-0.39, 0.29) is 11.5 Å². The number of allylic oxidation sites excluding steroid dienone is 1. The Labute approximate surface area is 181 Å². The van der Waals surface area contributed by atoms with Crippen LogP contribution in [0.15, 0.2) is 46.8 Å². The second-order valence-electron chi connectivity index (χ2n) is 8.22. The molecule has 4 rings (SSSR count). The zero-order valence-electron chi connectivity index (χ0n) is 18.4. The molecule has 1 aliphatic rings. The number of nitrogens with one attached hydrogen (secondary N) is 1.